The Morgan fingerprint density at radius 2 is 2.21 bits per heavy atom. The van der Waals surface area contributed by atoms with Crippen molar-refractivity contribution in [3.63, 3.8) is 0 Å². The van der Waals surface area contributed by atoms with E-state index in [-0.39, 0.29) is 5.91 Å². The Labute approximate surface area is 123 Å². The zero-order chi connectivity index (χ0) is 13.8. The van der Waals surface area contributed by atoms with Crippen molar-refractivity contribution in [1.29, 1.82) is 0 Å². The molecule has 0 aliphatic carbocycles. The van der Waals surface area contributed by atoms with Crippen LogP contribution in [0.4, 0.5) is 5.69 Å². The number of halogens is 2. The molecule has 104 valence electrons. The lowest BCUT2D eigenvalue weighted by molar-refractivity contribution is -0.920. The van der Waals surface area contributed by atoms with Crippen LogP contribution in [0, 0.1) is 0 Å². The molecule has 0 saturated carbocycles. The molecule has 1 aliphatic rings. The Kier molecular flexibility index (Phi) is 5.08. The number of hydrogen-bond donors (Lipinski definition) is 2. The van der Waals surface area contributed by atoms with Crippen LogP contribution in [-0.2, 0) is 4.79 Å². The van der Waals surface area contributed by atoms with Crippen molar-refractivity contribution in [3.8, 4) is 0 Å². The number of likely N-dealkylation sites (tertiary alicyclic amines) is 1. The minimum atomic E-state index is -0.00656. The fourth-order valence-corrected chi connectivity index (χ4v) is 2.85. The Morgan fingerprint density at radius 3 is 2.95 bits per heavy atom. The first kappa shape index (κ1) is 14.6. The summed E-state index contributed by atoms with van der Waals surface area (Å²) in [5.41, 5.74) is 0.586. The molecular formula is C14H19Cl2N2O+. The summed E-state index contributed by atoms with van der Waals surface area (Å²) in [6.07, 6.45) is 3.66. The molecule has 0 aromatic heterocycles. The number of carbonyl (C=O) groups excluding carboxylic acids is 1. The number of anilines is 1. The molecule has 1 heterocycles. The van der Waals surface area contributed by atoms with Gasteiger partial charge in [-0.2, -0.15) is 0 Å². The summed E-state index contributed by atoms with van der Waals surface area (Å²) in [6.45, 7) is 3.76. The van der Waals surface area contributed by atoms with E-state index in [9.17, 15) is 4.79 Å². The van der Waals surface area contributed by atoms with Gasteiger partial charge in [-0.25, -0.2) is 0 Å². The number of benzene rings is 1. The maximum absolute atomic E-state index is 12.1. The van der Waals surface area contributed by atoms with Crippen molar-refractivity contribution >= 4 is 34.8 Å². The number of piperidine rings is 1. The second-order valence-corrected chi connectivity index (χ2v) is 6.00. The molecule has 1 aromatic carbocycles. The van der Waals surface area contributed by atoms with Crippen molar-refractivity contribution in [2.45, 2.75) is 32.2 Å². The molecular weight excluding hydrogens is 283 g/mol. The summed E-state index contributed by atoms with van der Waals surface area (Å²) in [6, 6.07) is 5.62. The van der Waals surface area contributed by atoms with E-state index in [0.29, 0.717) is 28.3 Å². The van der Waals surface area contributed by atoms with Crippen LogP contribution in [0.15, 0.2) is 18.2 Å². The van der Waals surface area contributed by atoms with Gasteiger partial charge in [0.05, 0.1) is 23.3 Å². The summed E-state index contributed by atoms with van der Waals surface area (Å²) >= 11 is 11.9. The second-order valence-electron chi connectivity index (χ2n) is 5.15. The predicted molar refractivity (Wildman–Crippen MR) is 79.1 cm³/mol. The molecule has 2 N–H and O–H groups in total. The molecule has 1 saturated heterocycles. The van der Waals surface area contributed by atoms with Crippen molar-refractivity contribution < 1.29 is 9.69 Å². The van der Waals surface area contributed by atoms with Crippen LogP contribution in [0.3, 0.4) is 0 Å². The molecule has 0 radical (unpaired) electrons. The summed E-state index contributed by atoms with van der Waals surface area (Å²) in [4.78, 5) is 13.4. The first-order valence-corrected chi connectivity index (χ1v) is 7.41. The van der Waals surface area contributed by atoms with E-state index in [1.807, 2.05) is 0 Å². The highest BCUT2D eigenvalue weighted by Crippen LogP contribution is 2.25. The third kappa shape index (κ3) is 4.10. The summed E-state index contributed by atoms with van der Waals surface area (Å²) in [5, 5.41) is 3.92. The summed E-state index contributed by atoms with van der Waals surface area (Å²) in [5.74, 6) is -0.00656. The van der Waals surface area contributed by atoms with Crippen LogP contribution in [0.1, 0.15) is 26.2 Å². The van der Waals surface area contributed by atoms with Gasteiger partial charge in [0.1, 0.15) is 0 Å². The molecule has 0 spiro atoms. The molecule has 2 rings (SSSR count). The lowest BCUT2D eigenvalue weighted by Crippen LogP contribution is -3.17. The van der Waals surface area contributed by atoms with E-state index in [0.717, 1.165) is 6.54 Å². The summed E-state index contributed by atoms with van der Waals surface area (Å²) in [7, 11) is 0. The number of hydrogen-bond acceptors (Lipinski definition) is 1. The minimum Gasteiger partial charge on any atom is -0.325 e. The lowest BCUT2D eigenvalue weighted by atomic mass is 10.0. The van der Waals surface area contributed by atoms with Crippen LogP contribution in [0.2, 0.25) is 10.0 Å². The van der Waals surface area contributed by atoms with E-state index in [4.69, 9.17) is 23.2 Å². The molecule has 3 nitrogen and oxygen atoms in total. The summed E-state index contributed by atoms with van der Waals surface area (Å²) < 4.78 is 0. The van der Waals surface area contributed by atoms with Crippen molar-refractivity contribution in [2.24, 2.45) is 0 Å². The first-order chi connectivity index (χ1) is 9.06. The molecule has 1 fully saturated rings. The van der Waals surface area contributed by atoms with Gasteiger partial charge in [-0.3, -0.25) is 4.79 Å². The third-order valence-corrected chi connectivity index (χ3v) is 4.24. The average Bonchev–Trinajstić information content (AvgIpc) is 2.37. The molecule has 1 amide bonds. The number of quaternary nitrogens is 1. The van der Waals surface area contributed by atoms with Gasteiger partial charge in [0.25, 0.3) is 5.91 Å². The highest BCUT2D eigenvalue weighted by molar-refractivity contribution is 6.35. The van der Waals surface area contributed by atoms with Crippen LogP contribution < -0.4 is 10.2 Å². The predicted octanol–water partition coefficient (Wildman–Crippen LogP) is 2.39. The standard InChI is InChI=1S/C14H18Cl2N2O/c1-10-4-2-3-7-18(10)9-14(19)17-13-8-11(15)5-6-12(13)16/h5-6,8,10H,2-4,7,9H2,1H3,(H,17,19)/p+1/t10-/m0/s1. The Balaban J connectivity index is 1.95. The largest absolute Gasteiger partial charge is 0.325 e. The van der Waals surface area contributed by atoms with Crippen molar-refractivity contribution in [3.05, 3.63) is 28.2 Å². The Bertz CT molecular complexity index is 465. The van der Waals surface area contributed by atoms with E-state index in [1.54, 1.807) is 18.2 Å². The van der Waals surface area contributed by atoms with E-state index in [1.165, 1.54) is 24.2 Å². The average molecular weight is 302 g/mol. The Hall–Kier alpha value is -0.770. The number of nitrogens with one attached hydrogen (secondary N) is 2. The minimum absolute atomic E-state index is 0.00656. The lowest BCUT2D eigenvalue weighted by Gasteiger charge is -2.29. The smallest absolute Gasteiger partial charge is 0.279 e. The van der Waals surface area contributed by atoms with Crippen LogP contribution in [0.5, 0.6) is 0 Å². The van der Waals surface area contributed by atoms with Gasteiger partial charge >= 0.3 is 0 Å². The molecule has 0 bridgehead atoms. The van der Waals surface area contributed by atoms with E-state index in [2.05, 4.69) is 12.2 Å². The maximum Gasteiger partial charge on any atom is 0.279 e. The van der Waals surface area contributed by atoms with Gasteiger partial charge in [-0.1, -0.05) is 23.2 Å². The quantitative estimate of drug-likeness (QED) is 0.883. The molecule has 1 aromatic rings. The number of carbonyl (C=O) groups is 1. The van der Waals surface area contributed by atoms with Crippen LogP contribution >= 0.6 is 23.2 Å². The van der Waals surface area contributed by atoms with Crippen LogP contribution in [0.25, 0.3) is 0 Å². The van der Waals surface area contributed by atoms with Gasteiger partial charge in [-0.15, -0.1) is 0 Å². The monoisotopic (exact) mass is 301 g/mol. The van der Waals surface area contributed by atoms with Crippen molar-refractivity contribution in [1.82, 2.24) is 0 Å². The zero-order valence-corrected chi connectivity index (χ0v) is 12.5. The number of rotatable bonds is 3. The van der Waals surface area contributed by atoms with E-state index < -0.39 is 0 Å². The molecule has 5 heteroatoms. The van der Waals surface area contributed by atoms with Crippen molar-refractivity contribution in [2.75, 3.05) is 18.4 Å². The fraction of sp³-hybridized carbons (Fsp3) is 0.500. The highest BCUT2D eigenvalue weighted by Gasteiger charge is 2.24. The molecule has 1 aliphatic heterocycles. The Morgan fingerprint density at radius 1 is 1.42 bits per heavy atom. The maximum atomic E-state index is 12.1. The van der Waals surface area contributed by atoms with Gasteiger partial charge < -0.3 is 10.2 Å². The van der Waals surface area contributed by atoms with Crippen LogP contribution in [-0.4, -0.2) is 25.0 Å². The van der Waals surface area contributed by atoms with Gasteiger partial charge in [0.15, 0.2) is 6.54 Å². The fourth-order valence-electron chi connectivity index (χ4n) is 2.51. The third-order valence-electron chi connectivity index (χ3n) is 3.67. The first-order valence-electron chi connectivity index (χ1n) is 6.66. The normalized spacial score (nSPS) is 23.1. The zero-order valence-electron chi connectivity index (χ0n) is 11.0. The highest BCUT2D eigenvalue weighted by atomic mass is 35.5. The van der Waals surface area contributed by atoms with E-state index >= 15 is 0 Å². The number of amides is 1. The SMILES string of the molecule is C[C@H]1CCCC[NH+]1CC(=O)Nc1cc(Cl)ccc1Cl. The van der Waals surface area contributed by atoms with Gasteiger partial charge in [0.2, 0.25) is 0 Å². The second kappa shape index (κ2) is 6.60. The molecule has 19 heavy (non-hydrogen) atoms. The van der Waals surface area contributed by atoms with Gasteiger partial charge in [-0.05, 0) is 44.4 Å². The molecule has 2 atom stereocenters. The van der Waals surface area contributed by atoms with Gasteiger partial charge in [0, 0.05) is 5.02 Å². The topological polar surface area (TPSA) is 33.5 Å². The molecule has 1 unspecified atom stereocenters.